The Morgan fingerprint density at radius 2 is 1.82 bits per heavy atom. The molecule has 1 unspecified atom stereocenters. The van der Waals surface area contributed by atoms with Gasteiger partial charge in [0.05, 0.1) is 0 Å². The van der Waals surface area contributed by atoms with E-state index < -0.39 is 0 Å². The number of nitrogens with zero attached hydrogens (tertiary/aromatic N) is 1. The number of Topliss-reactive ketones (excluding diaryl/α,β-unsaturated/α-hetero) is 1. The van der Waals surface area contributed by atoms with Crippen molar-refractivity contribution in [1.29, 1.82) is 0 Å². The Hall–Kier alpha value is -1.96. The van der Waals surface area contributed by atoms with E-state index in [9.17, 15) is 4.79 Å². The normalized spacial score (nSPS) is 12.1. The highest BCUT2D eigenvalue weighted by Crippen LogP contribution is 2.26. The summed E-state index contributed by atoms with van der Waals surface area (Å²) in [6.45, 7) is 1.62. The van der Waals surface area contributed by atoms with Crippen molar-refractivity contribution in [3.8, 4) is 0 Å². The highest BCUT2D eigenvalue weighted by molar-refractivity contribution is 5.77. The second-order valence-electron chi connectivity index (χ2n) is 4.12. The Balaban J connectivity index is 2.36. The zero-order valence-electron chi connectivity index (χ0n) is 9.84. The van der Waals surface area contributed by atoms with Crippen LogP contribution in [0.3, 0.4) is 0 Å². The molecule has 0 N–H and O–H groups in total. The molecule has 1 atom stereocenters. The summed E-state index contributed by atoms with van der Waals surface area (Å²) < 4.78 is 0. The Morgan fingerprint density at radius 3 is 2.41 bits per heavy atom. The van der Waals surface area contributed by atoms with Gasteiger partial charge >= 0.3 is 0 Å². The second-order valence-corrected chi connectivity index (χ2v) is 4.12. The van der Waals surface area contributed by atoms with Crippen LogP contribution in [-0.4, -0.2) is 10.8 Å². The van der Waals surface area contributed by atoms with Gasteiger partial charge in [-0.2, -0.15) is 0 Å². The van der Waals surface area contributed by atoms with Gasteiger partial charge in [-0.25, -0.2) is 0 Å². The smallest absolute Gasteiger partial charge is 0.130 e. The standard InChI is InChI=1S/C15H15NO/c1-12(17)11-14(13-7-3-2-4-8-13)15-9-5-6-10-16-15/h2-10,14H,11H2,1H3. The van der Waals surface area contributed by atoms with Gasteiger partial charge in [-0.3, -0.25) is 9.78 Å². The van der Waals surface area contributed by atoms with Gasteiger partial charge in [0.1, 0.15) is 5.78 Å². The van der Waals surface area contributed by atoms with Crippen molar-refractivity contribution >= 4 is 5.78 Å². The summed E-state index contributed by atoms with van der Waals surface area (Å²) in [6.07, 6.45) is 2.27. The van der Waals surface area contributed by atoms with Gasteiger partial charge in [0.25, 0.3) is 0 Å². The fraction of sp³-hybridized carbons (Fsp3) is 0.200. The summed E-state index contributed by atoms with van der Waals surface area (Å²) in [5.41, 5.74) is 2.09. The molecule has 0 saturated heterocycles. The van der Waals surface area contributed by atoms with Gasteiger partial charge in [-0.1, -0.05) is 36.4 Å². The van der Waals surface area contributed by atoms with Crippen molar-refractivity contribution in [3.05, 3.63) is 66.0 Å². The molecule has 0 aliphatic heterocycles. The van der Waals surface area contributed by atoms with E-state index in [0.717, 1.165) is 11.3 Å². The molecule has 0 amide bonds. The van der Waals surface area contributed by atoms with E-state index in [4.69, 9.17) is 0 Å². The first-order valence-electron chi connectivity index (χ1n) is 5.72. The van der Waals surface area contributed by atoms with Crippen LogP contribution in [0, 0.1) is 0 Å². The minimum Gasteiger partial charge on any atom is -0.300 e. The van der Waals surface area contributed by atoms with Crippen molar-refractivity contribution in [2.75, 3.05) is 0 Å². The third-order valence-electron chi connectivity index (χ3n) is 2.74. The molecule has 2 aromatic rings. The molecule has 2 rings (SSSR count). The lowest BCUT2D eigenvalue weighted by molar-refractivity contribution is -0.117. The van der Waals surface area contributed by atoms with E-state index >= 15 is 0 Å². The number of pyridine rings is 1. The molecule has 0 saturated carbocycles. The summed E-state index contributed by atoms with van der Waals surface area (Å²) in [5.74, 6) is 0.249. The Morgan fingerprint density at radius 1 is 1.12 bits per heavy atom. The molecule has 86 valence electrons. The molecule has 0 aliphatic carbocycles. The molecule has 0 aliphatic rings. The van der Waals surface area contributed by atoms with Gasteiger partial charge in [0.2, 0.25) is 0 Å². The van der Waals surface area contributed by atoms with Gasteiger partial charge in [-0.15, -0.1) is 0 Å². The topological polar surface area (TPSA) is 30.0 Å². The largest absolute Gasteiger partial charge is 0.300 e. The Labute approximate surface area is 101 Å². The molecule has 0 fully saturated rings. The molecular weight excluding hydrogens is 210 g/mol. The lowest BCUT2D eigenvalue weighted by Crippen LogP contribution is -2.07. The summed E-state index contributed by atoms with van der Waals surface area (Å²) in [4.78, 5) is 15.7. The zero-order chi connectivity index (χ0) is 12.1. The van der Waals surface area contributed by atoms with Crippen LogP contribution in [0.2, 0.25) is 0 Å². The van der Waals surface area contributed by atoms with Gasteiger partial charge in [0.15, 0.2) is 0 Å². The van der Waals surface area contributed by atoms with Crippen LogP contribution in [-0.2, 0) is 4.79 Å². The molecule has 0 radical (unpaired) electrons. The van der Waals surface area contributed by atoms with E-state index in [0.29, 0.717) is 6.42 Å². The summed E-state index contributed by atoms with van der Waals surface area (Å²) in [5, 5.41) is 0. The minimum atomic E-state index is 0.0647. The Kier molecular flexibility index (Phi) is 3.66. The van der Waals surface area contributed by atoms with Gasteiger partial charge in [0, 0.05) is 24.2 Å². The van der Waals surface area contributed by atoms with E-state index in [1.807, 2.05) is 48.5 Å². The minimum absolute atomic E-state index is 0.0647. The van der Waals surface area contributed by atoms with Gasteiger partial charge in [-0.05, 0) is 24.6 Å². The third kappa shape index (κ3) is 3.00. The highest BCUT2D eigenvalue weighted by Gasteiger charge is 2.16. The molecule has 1 aromatic carbocycles. The van der Waals surface area contributed by atoms with Crippen molar-refractivity contribution in [1.82, 2.24) is 4.98 Å². The quantitative estimate of drug-likeness (QED) is 0.799. The second kappa shape index (κ2) is 5.39. The third-order valence-corrected chi connectivity index (χ3v) is 2.74. The first-order chi connectivity index (χ1) is 8.27. The lowest BCUT2D eigenvalue weighted by atomic mass is 9.91. The maximum absolute atomic E-state index is 11.4. The number of carbonyl (C=O) groups excluding carboxylic acids is 1. The number of hydrogen-bond donors (Lipinski definition) is 0. The lowest BCUT2D eigenvalue weighted by Gasteiger charge is -2.15. The highest BCUT2D eigenvalue weighted by atomic mass is 16.1. The molecule has 0 bridgehead atoms. The van der Waals surface area contributed by atoms with Crippen molar-refractivity contribution in [2.24, 2.45) is 0 Å². The molecule has 0 spiro atoms. The number of rotatable bonds is 4. The first-order valence-corrected chi connectivity index (χ1v) is 5.72. The maximum atomic E-state index is 11.4. The molecular formula is C15H15NO. The van der Waals surface area contributed by atoms with E-state index in [1.165, 1.54) is 0 Å². The molecule has 2 heteroatoms. The number of carbonyl (C=O) groups is 1. The van der Waals surface area contributed by atoms with Crippen LogP contribution in [0.1, 0.15) is 30.5 Å². The molecule has 2 nitrogen and oxygen atoms in total. The summed E-state index contributed by atoms with van der Waals surface area (Å²) >= 11 is 0. The van der Waals surface area contributed by atoms with E-state index in [-0.39, 0.29) is 11.7 Å². The SMILES string of the molecule is CC(=O)CC(c1ccccc1)c1ccccn1. The van der Waals surface area contributed by atoms with Crippen LogP contribution in [0.4, 0.5) is 0 Å². The Bertz CT molecular complexity index is 439. The zero-order valence-corrected chi connectivity index (χ0v) is 9.84. The number of ketones is 1. The van der Waals surface area contributed by atoms with Crippen molar-refractivity contribution in [2.45, 2.75) is 19.3 Å². The van der Waals surface area contributed by atoms with Crippen LogP contribution in [0.5, 0.6) is 0 Å². The summed E-state index contributed by atoms with van der Waals surface area (Å²) in [7, 11) is 0. The van der Waals surface area contributed by atoms with E-state index in [1.54, 1.807) is 13.1 Å². The monoisotopic (exact) mass is 225 g/mol. The number of hydrogen-bond acceptors (Lipinski definition) is 2. The summed E-state index contributed by atoms with van der Waals surface area (Å²) in [6, 6.07) is 15.9. The average molecular weight is 225 g/mol. The van der Waals surface area contributed by atoms with E-state index in [2.05, 4.69) is 4.98 Å². The number of benzene rings is 1. The molecule has 1 heterocycles. The van der Waals surface area contributed by atoms with Crippen LogP contribution in [0.15, 0.2) is 54.7 Å². The predicted molar refractivity (Wildman–Crippen MR) is 67.8 cm³/mol. The fourth-order valence-corrected chi connectivity index (χ4v) is 1.95. The molecule has 1 aromatic heterocycles. The van der Waals surface area contributed by atoms with Gasteiger partial charge < -0.3 is 0 Å². The fourth-order valence-electron chi connectivity index (χ4n) is 1.95. The molecule has 17 heavy (non-hydrogen) atoms. The van der Waals surface area contributed by atoms with Crippen LogP contribution < -0.4 is 0 Å². The number of aromatic nitrogens is 1. The predicted octanol–water partition coefficient (Wildman–Crippen LogP) is 3.19. The van der Waals surface area contributed by atoms with Crippen LogP contribution >= 0.6 is 0 Å². The maximum Gasteiger partial charge on any atom is 0.130 e. The van der Waals surface area contributed by atoms with Crippen LogP contribution in [0.25, 0.3) is 0 Å². The first kappa shape index (κ1) is 11.5. The van der Waals surface area contributed by atoms with Crippen molar-refractivity contribution in [3.63, 3.8) is 0 Å². The average Bonchev–Trinajstić information content (AvgIpc) is 2.38. The van der Waals surface area contributed by atoms with Crippen molar-refractivity contribution < 1.29 is 4.79 Å².